The molecule has 3 rings (SSSR count). The van der Waals surface area contributed by atoms with Crippen molar-refractivity contribution in [3.63, 3.8) is 0 Å². The van der Waals surface area contributed by atoms with Crippen molar-refractivity contribution in [2.75, 3.05) is 0 Å². The molecule has 0 bridgehead atoms. The van der Waals surface area contributed by atoms with Gasteiger partial charge in [0.1, 0.15) is 6.10 Å². The van der Waals surface area contributed by atoms with Crippen molar-refractivity contribution >= 4 is 52.7 Å². The topological polar surface area (TPSA) is 49.3 Å². The lowest BCUT2D eigenvalue weighted by molar-refractivity contribution is 0.102. The highest BCUT2D eigenvalue weighted by molar-refractivity contribution is 7.76. The first-order chi connectivity index (χ1) is 14.2. The van der Waals surface area contributed by atoms with Crippen LogP contribution in [0, 0.1) is 5.92 Å². The van der Waals surface area contributed by atoms with Crippen LogP contribution >= 0.6 is 42.1 Å². The van der Waals surface area contributed by atoms with Crippen molar-refractivity contribution in [2.24, 2.45) is 5.92 Å². The zero-order valence-corrected chi connectivity index (χ0v) is 19.5. The van der Waals surface area contributed by atoms with Gasteiger partial charge in [0.2, 0.25) is 11.1 Å². The maximum Gasteiger partial charge on any atom is 0.216 e. The lowest BCUT2D eigenvalue weighted by Gasteiger charge is -2.35. The van der Waals surface area contributed by atoms with Gasteiger partial charge in [-0.05, 0) is 29.8 Å². The maximum atomic E-state index is 14.5. The molecule has 2 N–H and O–H groups in total. The summed E-state index contributed by atoms with van der Waals surface area (Å²) in [5, 5.41) is 15.4. The highest BCUT2D eigenvalue weighted by Gasteiger charge is 2.41. The van der Waals surface area contributed by atoms with Crippen LogP contribution in [-0.2, 0) is 4.57 Å². The molecule has 3 nitrogen and oxygen atoms in total. The molecular formula is C23H23Cl3NO2P. The Bertz CT molecular complexity index is 938. The molecule has 0 saturated heterocycles. The molecule has 0 radical (unpaired) electrons. The normalized spacial score (nSPS) is 15.4. The first-order valence-corrected chi connectivity index (χ1v) is 12.4. The van der Waals surface area contributed by atoms with E-state index >= 15 is 0 Å². The first-order valence-electron chi connectivity index (χ1n) is 9.52. The average molecular weight is 483 g/mol. The molecule has 3 aromatic rings. The molecule has 158 valence electrons. The Labute approximate surface area is 192 Å². The molecule has 0 saturated carbocycles. The third-order valence-electron chi connectivity index (χ3n) is 5.08. The van der Waals surface area contributed by atoms with E-state index in [0.29, 0.717) is 10.6 Å². The van der Waals surface area contributed by atoms with Crippen LogP contribution in [0.1, 0.15) is 18.5 Å². The Kier molecular flexibility index (Phi) is 7.68. The van der Waals surface area contributed by atoms with E-state index in [-0.39, 0.29) is 0 Å². The summed E-state index contributed by atoms with van der Waals surface area (Å²) in [7, 11) is -3.28. The van der Waals surface area contributed by atoms with Gasteiger partial charge in [0.15, 0.2) is 0 Å². The van der Waals surface area contributed by atoms with Crippen LogP contribution in [0.3, 0.4) is 0 Å². The summed E-state index contributed by atoms with van der Waals surface area (Å²) >= 11 is 18.0. The first kappa shape index (κ1) is 23.3. The number of nitrogens with one attached hydrogen (secondary N) is 1. The summed E-state index contributed by atoms with van der Waals surface area (Å²) < 4.78 is 12.6. The largest absolute Gasteiger partial charge is 0.388 e. The predicted molar refractivity (Wildman–Crippen MR) is 128 cm³/mol. The second-order valence-electron chi connectivity index (χ2n) is 7.14. The molecule has 0 spiro atoms. The van der Waals surface area contributed by atoms with E-state index < -0.39 is 29.1 Å². The van der Waals surface area contributed by atoms with E-state index in [1.807, 2.05) is 91.0 Å². The minimum Gasteiger partial charge on any atom is -0.388 e. The van der Waals surface area contributed by atoms with E-state index in [2.05, 4.69) is 5.09 Å². The number of benzene rings is 3. The molecule has 0 aliphatic heterocycles. The third-order valence-corrected chi connectivity index (χ3v) is 8.44. The van der Waals surface area contributed by atoms with Crippen LogP contribution in [0.15, 0.2) is 91.0 Å². The fourth-order valence-electron chi connectivity index (χ4n) is 3.41. The highest BCUT2D eigenvalue weighted by atomic mass is 35.6. The molecule has 30 heavy (non-hydrogen) atoms. The molecular weight excluding hydrogens is 460 g/mol. The lowest BCUT2D eigenvalue weighted by atomic mass is 9.91. The Morgan fingerprint density at radius 3 is 1.60 bits per heavy atom. The van der Waals surface area contributed by atoms with Crippen LogP contribution in [0.4, 0.5) is 0 Å². The second kappa shape index (κ2) is 9.87. The van der Waals surface area contributed by atoms with Gasteiger partial charge in [-0.15, -0.1) is 0 Å². The van der Waals surface area contributed by atoms with Crippen molar-refractivity contribution in [3.05, 3.63) is 96.6 Å². The summed E-state index contributed by atoms with van der Waals surface area (Å²) in [4.78, 5) is 0. The standard InChI is InChI=1S/C23H23Cl3NO2P/c1-17(22(28)23(24,25)26)21(18-11-5-2-6-12-18)27-30(29,19-13-7-3-8-14-19)20-15-9-4-10-16-20/h2-17,21-22,28H,1H3,(H,27,29)/t17-,21-,22+/m0/s1. The molecule has 0 aromatic heterocycles. The fourth-order valence-corrected chi connectivity index (χ4v) is 6.56. The van der Waals surface area contributed by atoms with Crippen molar-refractivity contribution < 1.29 is 9.67 Å². The maximum absolute atomic E-state index is 14.5. The van der Waals surface area contributed by atoms with Crippen LogP contribution in [0.2, 0.25) is 0 Å². The number of aliphatic hydroxyl groups is 1. The van der Waals surface area contributed by atoms with Crippen LogP contribution in [0.5, 0.6) is 0 Å². The monoisotopic (exact) mass is 481 g/mol. The van der Waals surface area contributed by atoms with Gasteiger partial charge in [-0.25, -0.2) is 0 Å². The Morgan fingerprint density at radius 1 is 0.800 bits per heavy atom. The summed E-state index contributed by atoms with van der Waals surface area (Å²) in [6.07, 6.45) is -1.28. The van der Waals surface area contributed by atoms with Gasteiger partial charge in [-0.1, -0.05) is 108 Å². The number of hydrogen-bond acceptors (Lipinski definition) is 2. The molecule has 0 aliphatic carbocycles. The summed E-state index contributed by atoms with van der Waals surface area (Å²) in [6, 6.07) is 27.4. The van der Waals surface area contributed by atoms with Crippen molar-refractivity contribution in [2.45, 2.75) is 22.9 Å². The van der Waals surface area contributed by atoms with E-state index in [1.165, 1.54) is 0 Å². The van der Waals surface area contributed by atoms with Gasteiger partial charge >= 0.3 is 0 Å². The summed E-state index contributed by atoms with van der Waals surface area (Å²) in [6.45, 7) is 1.78. The van der Waals surface area contributed by atoms with Gasteiger partial charge < -0.3 is 5.11 Å². The quantitative estimate of drug-likeness (QED) is 0.340. The molecule has 7 heteroatoms. The Hall–Kier alpha value is -1.32. The zero-order valence-electron chi connectivity index (χ0n) is 16.3. The Balaban J connectivity index is 2.11. The summed E-state index contributed by atoms with van der Waals surface area (Å²) in [5.41, 5.74) is 0.838. The van der Waals surface area contributed by atoms with Gasteiger partial charge in [-0.2, -0.15) is 0 Å². The SMILES string of the molecule is C[C@@H]([C@H](NP(=O)(c1ccccc1)c1ccccc1)c1ccccc1)[C@@H](O)C(Cl)(Cl)Cl. The minimum atomic E-state index is -3.28. The van der Waals surface area contributed by atoms with E-state index in [0.717, 1.165) is 5.56 Å². The molecule has 3 atom stereocenters. The Morgan fingerprint density at radius 2 is 1.20 bits per heavy atom. The highest BCUT2D eigenvalue weighted by Crippen LogP contribution is 2.46. The van der Waals surface area contributed by atoms with E-state index in [9.17, 15) is 9.67 Å². The number of aliphatic hydroxyl groups excluding tert-OH is 1. The van der Waals surface area contributed by atoms with Gasteiger partial charge in [0, 0.05) is 22.6 Å². The average Bonchev–Trinajstić information content (AvgIpc) is 2.77. The third kappa shape index (κ3) is 5.29. The molecule has 0 amide bonds. The summed E-state index contributed by atoms with van der Waals surface area (Å²) in [5.74, 6) is -0.555. The number of rotatable bonds is 7. The van der Waals surface area contributed by atoms with Gasteiger partial charge in [0.05, 0.1) is 0 Å². The van der Waals surface area contributed by atoms with E-state index in [1.54, 1.807) is 6.92 Å². The zero-order chi connectivity index (χ0) is 21.8. The number of alkyl halides is 3. The minimum absolute atomic E-state index is 0.539. The van der Waals surface area contributed by atoms with Crippen molar-refractivity contribution in [1.29, 1.82) is 0 Å². The molecule has 0 heterocycles. The number of halogens is 3. The fraction of sp³-hybridized carbons (Fsp3) is 0.217. The number of hydrogen-bond donors (Lipinski definition) is 2. The molecule has 0 unspecified atom stereocenters. The van der Waals surface area contributed by atoms with Crippen molar-refractivity contribution in [1.82, 2.24) is 5.09 Å². The molecule has 0 aliphatic rings. The van der Waals surface area contributed by atoms with Gasteiger partial charge in [0.25, 0.3) is 0 Å². The van der Waals surface area contributed by atoms with Gasteiger partial charge in [-0.3, -0.25) is 9.65 Å². The van der Waals surface area contributed by atoms with Crippen LogP contribution in [0.25, 0.3) is 0 Å². The van der Waals surface area contributed by atoms with E-state index in [4.69, 9.17) is 34.8 Å². The smallest absolute Gasteiger partial charge is 0.216 e. The molecule has 0 fully saturated rings. The van der Waals surface area contributed by atoms with Crippen LogP contribution in [-0.4, -0.2) is 15.0 Å². The molecule has 3 aromatic carbocycles. The lowest BCUT2D eigenvalue weighted by Crippen LogP contribution is -2.41. The van der Waals surface area contributed by atoms with Crippen LogP contribution < -0.4 is 15.7 Å². The van der Waals surface area contributed by atoms with Crippen molar-refractivity contribution in [3.8, 4) is 0 Å². The predicted octanol–water partition coefficient (Wildman–Crippen LogP) is 5.61. The second-order valence-corrected chi connectivity index (χ2v) is 12.0.